The number of hydrogen-bond acceptors (Lipinski definition) is 5. The summed E-state index contributed by atoms with van der Waals surface area (Å²) in [6.07, 6.45) is -3.10. The standard InChI is InChI=1S/C14H15F3N4O2S/c1-2-11(9-4-3-5-10(8-9)24(18,22)23)20-13-19-7-6-12(21-13)14(15,16)17/h3-8,11H,2H2,1H3,(H2,18,22,23)(H,19,20,21). The molecule has 1 unspecified atom stereocenters. The van der Waals surface area contributed by atoms with Crippen molar-refractivity contribution >= 4 is 16.0 Å². The van der Waals surface area contributed by atoms with Crippen molar-refractivity contribution < 1.29 is 21.6 Å². The Bertz CT molecular complexity index is 825. The molecular weight excluding hydrogens is 345 g/mol. The van der Waals surface area contributed by atoms with Crippen molar-refractivity contribution in [2.45, 2.75) is 30.5 Å². The summed E-state index contributed by atoms with van der Waals surface area (Å²) < 4.78 is 60.9. The molecule has 0 saturated heterocycles. The number of anilines is 1. The van der Waals surface area contributed by atoms with Gasteiger partial charge >= 0.3 is 6.18 Å². The number of nitrogens with one attached hydrogen (secondary N) is 1. The Morgan fingerprint density at radius 2 is 2.00 bits per heavy atom. The zero-order valence-electron chi connectivity index (χ0n) is 12.6. The topological polar surface area (TPSA) is 98.0 Å². The zero-order chi connectivity index (χ0) is 18.0. The van der Waals surface area contributed by atoms with E-state index in [4.69, 9.17) is 5.14 Å². The van der Waals surface area contributed by atoms with Crippen LogP contribution in [0.15, 0.2) is 41.4 Å². The first-order valence-corrected chi connectivity index (χ1v) is 8.45. The number of nitrogens with two attached hydrogens (primary N) is 1. The van der Waals surface area contributed by atoms with Gasteiger partial charge in [0.2, 0.25) is 16.0 Å². The maximum Gasteiger partial charge on any atom is 0.433 e. The molecule has 0 bridgehead atoms. The molecule has 2 aromatic rings. The van der Waals surface area contributed by atoms with Gasteiger partial charge in [0.1, 0.15) is 5.69 Å². The number of nitrogens with zero attached hydrogens (tertiary/aromatic N) is 2. The van der Waals surface area contributed by atoms with Gasteiger partial charge in [-0.2, -0.15) is 13.2 Å². The summed E-state index contributed by atoms with van der Waals surface area (Å²) in [5.41, 5.74) is -0.516. The molecule has 1 heterocycles. The summed E-state index contributed by atoms with van der Waals surface area (Å²) in [5.74, 6) is -0.197. The van der Waals surface area contributed by atoms with Crippen molar-refractivity contribution in [1.82, 2.24) is 9.97 Å². The van der Waals surface area contributed by atoms with Crippen LogP contribution in [-0.4, -0.2) is 18.4 Å². The second-order valence-electron chi connectivity index (χ2n) is 4.99. The number of rotatable bonds is 5. The third-order valence-electron chi connectivity index (χ3n) is 3.25. The molecule has 0 spiro atoms. The Morgan fingerprint density at radius 3 is 2.58 bits per heavy atom. The molecular formula is C14H15F3N4O2S. The van der Waals surface area contributed by atoms with Gasteiger partial charge in [-0.1, -0.05) is 19.1 Å². The molecule has 1 aromatic heterocycles. The van der Waals surface area contributed by atoms with Gasteiger partial charge < -0.3 is 5.32 Å². The van der Waals surface area contributed by atoms with Crippen LogP contribution in [0.3, 0.4) is 0 Å². The summed E-state index contributed by atoms with van der Waals surface area (Å²) in [7, 11) is -3.87. The number of primary sulfonamides is 1. The van der Waals surface area contributed by atoms with Crippen LogP contribution in [0, 0.1) is 0 Å². The lowest BCUT2D eigenvalue weighted by Gasteiger charge is -2.18. The lowest BCUT2D eigenvalue weighted by molar-refractivity contribution is -0.141. The van der Waals surface area contributed by atoms with Gasteiger partial charge in [0.25, 0.3) is 0 Å². The van der Waals surface area contributed by atoms with Crippen LogP contribution in [0.1, 0.15) is 30.6 Å². The highest BCUT2D eigenvalue weighted by atomic mass is 32.2. The van der Waals surface area contributed by atoms with E-state index < -0.39 is 27.9 Å². The molecule has 6 nitrogen and oxygen atoms in total. The normalized spacial score (nSPS) is 13.5. The van der Waals surface area contributed by atoms with Crippen molar-refractivity contribution in [3.8, 4) is 0 Å². The first-order chi connectivity index (χ1) is 11.1. The van der Waals surface area contributed by atoms with Crippen molar-refractivity contribution in [1.29, 1.82) is 0 Å². The van der Waals surface area contributed by atoms with Crippen LogP contribution in [0.4, 0.5) is 19.1 Å². The molecule has 1 atom stereocenters. The van der Waals surface area contributed by atoms with Gasteiger partial charge in [-0.15, -0.1) is 0 Å². The van der Waals surface area contributed by atoms with Crippen molar-refractivity contribution in [2.24, 2.45) is 5.14 Å². The molecule has 0 radical (unpaired) electrons. The van der Waals surface area contributed by atoms with Gasteiger partial charge in [0, 0.05) is 6.20 Å². The number of benzene rings is 1. The van der Waals surface area contributed by atoms with Gasteiger partial charge in [-0.25, -0.2) is 23.5 Å². The van der Waals surface area contributed by atoms with Gasteiger partial charge in [0.05, 0.1) is 10.9 Å². The molecule has 0 saturated carbocycles. The van der Waals surface area contributed by atoms with Crippen molar-refractivity contribution in [3.05, 3.63) is 47.8 Å². The first kappa shape index (κ1) is 18.1. The van der Waals surface area contributed by atoms with Crippen LogP contribution < -0.4 is 10.5 Å². The Morgan fingerprint density at radius 1 is 1.29 bits per heavy atom. The van der Waals surface area contributed by atoms with Crippen LogP contribution in [-0.2, 0) is 16.2 Å². The van der Waals surface area contributed by atoms with E-state index in [1.54, 1.807) is 13.0 Å². The van der Waals surface area contributed by atoms with Crippen molar-refractivity contribution in [2.75, 3.05) is 5.32 Å². The maximum atomic E-state index is 12.7. The second kappa shape index (κ2) is 6.73. The van der Waals surface area contributed by atoms with Gasteiger partial charge in [0.15, 0.2) is 0 Å². The molecule has 3 N–H and O–H groups in total. The van der Waals surface area contributed by atoms with Crippen LogP contribution >= 0.6 is 0 Å². The maximum absolute atomic E-state index is 12.7. The Balaban J connectivity index is 2.31. The monoisotopic (exact) mass is 360 g/mol. The van der Waals surface area contributed by atoms with E-state index in [2.05, 4.69) is 15.3 Å². The van der Waals surface area contributed by atoms with Gasteiger partial charge in [-0.05, 0) is 30.2 Å². The fraction of sp³-hybridized carbons (Fsp3) is 0.286. The molecule has 10 heteroatoms. The summed E-state index contributed by atoms with van der Waals surface area (Å²) in [5, 5.41) is 7.87. The number of sulfonamides is 1. The summed E-state index contributed by atoms with van der Waals surface area (Å²) in [4.78, 5) is 7.13. The summed E-state index contributed by atoms with van der Waals surface area (Å²) >= 11 is 0. The average Bonchev–Trinajstić information content (AvgIpc) is 2.51. The highest BCUT2D eigenvalue weighted by molar-refractivity contribution is 7.89. The SMILES string of the molecule is CCC(Nc1nccc(C(F)(F)F)n1)c1cccc(S(N)(=O)=O)c1. The fourth-order valence-corrected chi connectivity index (χ4v) is 2.64. The molecule has 0 aliphatic rings. The predicted molar refractivity (Wildman–Crippen MR) is 81.5 cm³/mol. The minimum absolute atomic E-state index is 0.0785. The molecule has 2 rings (SSSR count). The summed E-state index contributed by atoms with van der Waals surface area (Å²) in [6.45, 7) is 1.79. The predicted octanol–water partition coefficient (Wildman–Crippen LogP) is 2.71. The average molecular weight is 360 g/mol. The number of halogens is 3. The van der Waals surface area contributed by atoms with Crippen LogP contribution in [0.2, 0.25) is 0 Å². The molecule has 0 aliphatic carbocycles. The van der Waals surface area contributed by atoms with Crippen LogP contribution in [0.5, 0.6) is 0 Å². The number of hydrogen-bond donors (Lipinski definition) is 2. The molecule has 1 aromatic carbocycles. The minimum Gasteiger partial charge on any atom is -0.347 e. The van der Waals surface area contributed by atoms with E-state index in [0.717, 1.165) is 12.3 Å². The largest absolute Gasteiger partial charge is 0.433 e. The van der Waals surface area contributed by atoms with Crippen molar-refractivity contribution in [3.63, 3.8) is 0 Å². The number of alkyl halides is 3. The third kappa shape index (κ3) is 4.42. The van der Waals surface area contributed by atoms with Crippen LogP contribution in [0.25, 0.3) is 0 Å². The third-order valence-corrected chi connectivity index (χ3v) is 4.16. The smallest absolute Gasteiger partial charge is 0.347 e. The molecule has 0 amide bonds. The minimum atomic E-state index is -4.57. The van der Waals surface area contributed by atoms with E-state index in [-0.39, 0.29) is 10.8 Å². The lowest BCUT2D eigenvalue weighted by Crippen LogP contribution is -2.16. The zero-order valence-corrected chi connectivity index (χ0v) is 13.4. The molecule has 24 heavy (non-hydrogen) atoms. The highest BCUT2D eigenvalue weighted by Crippen LogP contribution is 2.29. The molecule has 0 aliphatic heterocycles. The quantitative estimate of drug-likeness (QED) is 0.854. The molecule has 130 valence electrons. The van der Waals surface area contributed by atoms with E-state index >= 15 is 0 Å². The first-order valence-electron chi connectivity index (χ1n) is 6.91. The fourth-order valence-electron chi connectivity index (χ4n) is 2.07. The van der Waals surface area contributed by atoms with E-state index in [1.165, 1.54) is 18.2 Å². The van der Waals surface area contributed by atoms with E-state index in [1.807, 2.05) is 0 Å². The number of aromatic nitrogens is 2. The Hall–Kier alpha value is -2.20. The van der Waals surface area contributed by atoms with E-state index in [0.29, 0.717) is 12.0 Å². The lowest BCUT2D eigenvalue weighted by atomic mass is 10.1. The highest BCUT2D eigenvalue weighted by Gasteiger charge is 2.33. The Kier molecular flexibility index (Phi) is 5.09. The second-order valence-corrected chi connectivity index (χ2v) is 6.55. The van der Waals surface area contributed by atoms with E-state index in [9.17, 15) is 21.6 Å². The van der Waals surface area contributed by atoms with Gasteiger partial charge in [-0.3, -0.25) is 0 Å². The molecule has 0 fully saturated rings. The summed E-state index contributed by atoms with van der Waals surface area (Å²) in [6, 6.07) is 6.15. The Labute approximate surface area is 137 Å².